The van der Waals surface area contributed by atoms with Gasteiger partial charge in [-0.1, -0.05) is 13.8 Å². The lowest BCUT2D eigenvalue weighted by Gasteiger charge is -2.18. The summed E-state index contributed by atoms with van der Waals surface area (Å²) in [7, 11) is 0. The van der Waals surface area contributed by atoms with Crippen molar-refractivity contribution in [1.82, 2.24) is 9.88 Å². The van der Waals surface area contributed by atoms with Gasteiger partial charge < -0.3 is 14.6 Å². The molecular weight excluding hydrogens is 264 g/mol. The molecule has 4 nitrogen and oxygen atoms in total. The van der Waals surface area contributed by atoms with Crippen molar-refractivity contribution in [3.63, 3.8) is 0 Å². The fraction of sp³-hybridized carbons (Fsp3) is 0.706. The summed E-state index contributed by atoms with van der Waals surface area (Å²) in [5.74, 6) is 0. The number of aromatic nitrogens is 1. The van der Waals surface area contributed by atoms with E-state index in [0.717, 1.165) is 44.4 Å². The van der Waals surface area contributed by atoms with E-state index in [1.54, 1.807) is 0 Å². The summed E-state index contributed by atoms with van der Waals surface area (Å²) in [4.78, 5) is 12.8. The van der Waals surface area contributed by atoms with Crippen LogP contribution in [0, 0.1) is 0 Å². The van der Waals surface area contributed by atoms with Crippen LogP contribution in [0.4, 0.5) is 0 Å². The van der Waals surface area contributed by atoms with Gasteiger partial charge in [-0.05, 0) is 43.7 Å². The fourth-order valence-electron chi connectivity index (χ4n) is 3.41. The van der Waals surface area contributed by atoms with Crippen LogP contribution in [0.1, 0.15) is 49.9 Å². The van der Waals surface area contributed by atoms with Crippen LogP contribution in [0.5, 0.6) is 0 Å². The molecule has 1 atom stereocenters. The largest absolute Gasteiger partial charge is 0.376 e. The molecule has 1 aromatic heterocycles. The average molecular weight is 290 g/mol. The molecule has 2 heterocycles. The summed E-state index contributed by atoms with van der Waals surface area (Å²) in [6.07, 6.45) is 5.74. The van der Waals surface area contributed by atoms with E-state index in [2.05, 4.69) is 25.2 Å². The minimum atomic E-state index is 0.180. The Balaban J connectivity index is 1.90. The summed E-state index contributed by atoms with van der Waals surface area (Å²) in [5, 5.41) is 3.37. The minimum absolute atomic E-state index is 0.180. The summed E-state index contributed by atoms with van der Waals surface area (Å²) in [6, 6.07) is 2.52. The van der Waals surface area contributed by atoms with E-state index in [4.69, 9.17) is 4.74 Å². The molecule has 0 radical (unpaired) electrons. The van der Waals surface area contributed by atoms with Crippen LogP contribution in [0.2, 0.25) is 0 Å². The molecule has 1 aliphatic heterocycles. The molecule has 0 saturated carbocycles. The third kappa shape index (κ3) is 3.22. The molecule has 1 aliphatic carbocycles. The highest BCUT2D eigenvalue weighted by Crippen LogP contribution is 2.23. The van der Waals surface area contributed by atoms with E-state index in [-0.39, 0.29) is 11.7 Å². The number of nitrogens with zero attached hydrogens (tertiary/aromatic N) is 1. The van der Waals surface area contributed by atoms with Gasteiger partial charge in [0.1, 0.15) is 0 Å². The number of aryl methyl sites for hydroxylation is 1. The highest BCUT2D eigenvalue weighted by atomic mass is 16.5. The zero-order valence-corrected chi connectivity index (χ0v) is 13.2. The third-order valence-electron chi connectivity index (χ3n) is 4.54. The molecule has 1 aromatic rings. The number of rotatable bonds is 5. The Kier molecular flexibility index (Phi) is 4.45. The summed E-state index contributed by atoms with van der Waals surface area (Å²) in [5.41, 5.74) is 3.71. The predicted octanol–water partition coefficient (Wildman–Crippen LogP) is 2.01. The highest BCUT2D eigenvalue weighted by molar-refractivity contribution is 5.30. The Morgan fingerprint density at radius 3 is 2.95 bits per heavy atom. The molecule has 2 aliphatic rings. The summed E-state index contributed by atoms with van der Waals surface area (Å²) in [6.45, 7) is 6.46. The third-order valence-corrected chi connectivity index (χ3v) is 4.54. The standard InChI is InChI=1S/C17H26N2O2/c1-12(2)18-10-14-9-13-5-3-7-16(13)19(17(14)20)11-15-6-4-8-21-15/h9,12,15,18H,3-8,10-11H2,1-2H3. The van der Waals surface area contributed by atoms with Gasteiger partial charge in [-0.15, -0.1) is 0 Å². The zero-order chi connectivity index (χ0) is 14.8. The molecule has 4 heteroatoms. The van der Waals surface area contributed by atoms with Gasteiger partial charge in [0.05, 0.1) is 12.6 Å². The molecule has 116 valence electrons. The second-order valence-electron chi connectivity index (χ2n) is 6.58. The van der Waals surface area contributed by atoms with Crippen molar-refractivity contribution in [2.45, 2.75) is 71.2 Å². The first-order valence-corrected chi connectivity index (χ1v) is 8.24. The van der Waals surface area contributed by atoms with Gasteiger partial charge in [-0.2, -0.15) is 0 Å². The molecule has 3 rings (SSSR count). The van der Waals surface area contributed by atoms with E-state index in [1.165, 1.54) is 17.7 Å². The summed E-state index contributed by atoms with van der Waals surface area (Å²) < 4.78 is 7.74. The monoisotopic (exact) mass is 290 g/mol. The van der Waals surface area contributed by atoms with Crippen LogP contribution in [0.15, 0.2) is 10.9 Å². The first-order valence-electron chi connectivity index (χ1n) is 8.24. The van der Waals surface area contributed by atoms with Crippen molar-refractivity contribution in [1.29, 1.82) is 0 Å². The number of pyridine rings is 1. The van der Waals surface area contributed by atoms with E-state index in [9.17, 15) is 4.79 Å². The fourth-order valence-corrected chi connectivity index (χ4v) is 3.41. The van der Waals surface area contributed by atoms with Crippen molar-refractivity contribution in [3.8, 4) is 0 Å². The summed E-state index contributed by atoms with van der Waals surface area (Å²) >= 11 is 0. The quantitative estimate of drug-likeness (QED) is 0.902. The van der Waals surface area contributed by atoms with Gasteiger partial charge in [0.2, 0.25) is 0 Å². The molecule has 1 saturated heterocycles. The number of ether oxygens (including phenoxy) is 1. The van der Waals surface area contributed by atoms with Crippen molar-refractivity contribution >= 4 is 0 Å². The molecular formula is C17H26N2O2. The second-order valence-corrected chi connectivity index (χ2v) is 6.58. The number of fused-ring (bicyclic) bond motifs is 1. The lowest BCUT2D eigenvalue weighted by atomic mass is 10.1. The van der Waals surface area contributed by atoms with E-state index in [0.29, 0.717) is 12.6 Å². The van der Waals surface area contributed by atoms with Gasteiger partial charge >= 0.3 is 0 Å². The topological polar surface area (TPSA) is 43.3 Å². The SMILES string of the molecule is CC(C)NCc1cc2c(n(CC3CCCO3)c1=O)CCC2. The molecule has 1 fully saturated rings. The number of nitrogens with one attached hydrogen (secondary N) is 1. The molecule has 0 aromatic carbocycles. The molecule has 1 unspecified atom stereocenters. The molecule has 0 bridgehead atoms. The molecule has 21 heavy (non-hydrogen) atoms. The normalized spacial score (nSPS) is 21.2. The molecule has 0 amide bonds. The first kappa shape index (κ1) is 14.8. The first-order chi connectivity index (χ1) is 10.1. The maximum Gasteiger partial charge on any atom is 0.255 e. The molecule has 1 N–H and O–H groups in total. The van der Waals surface area contributed by atoms with E-state index >= 15 is 0 Å². The van der Waals surface area contributed by atoms with Gasteiger partial charge in [0.25, 0.3) is 5.56 Å². The van der Waals surface area contributed by atoms with Crippen LogP contribution in [-0.4, -0.2) is 23.3 Å². The Labute approximate surface area is 126 Å². The van der Waals surface area contributed by atoms with Gasteiger partial charge in [0, 0.05) is 30.5 Å². The smallest absolute Gasteiger partial charge is 0.255 e. The second kappa shape index (κ2) is 6.32. The van der Waals surface area contributed by atoms with Gasteiger partial charge in [-0.25, -0.2) is 0 Å². The molecule has 0 spiro atoms. The predicted molar refractivity (Wildman–Crippen MR) is 83.7 cm³/mol. The van der Waals surface area contributed by atoms with Crippen molar-refractivity contribution < 1.29 is 4.74 Å². The van der Waals surface area contributed by atoms with Crippen LogP contribution in [0.25, 0.3) is 0 Å². The van der Waals surface area contributed by atoms with E-state index in [1.807, 2.05) is 4.57 Å². The van der Waals surface area contributed by atoms with E-state index < -0.39 is 0 Å². The van der Waals surface area contributed by atoms with Crippen molar-refractivity contribution in [2.75, 3.05) is 6.61 Å². The van der Waals surface area contributed by atoms with Gasteiger partial charge in [0.15, 0.2) is 0 Å². The maximum atomic E-state index is 12.8. The Bertz CT molecular complexity index is 557. The van der Waals surface area contributed by atoms with Crippen LogP contribution >= 0.6 is 0 Å². The number of hydrogen-bond acceptors (Lipinski definition) is 3. The lowest BCUT2D eigenvalue weighted by Crippen LogP contribution is -2.34. The lowest BCUT2D eigenvalue weighted by molar-refractivity contribution is 0.0954. The highest BCUT2D eigenvalue weighted by Gasteiger charge is 2.23. The zero-order valence-electron chi connectivity index (χ0n) is 13.2. The average Bonchev–Trinajstić information content (AvgIpc) is 3.10. The van der Waals surface area contributed by atoms with Crippen molar-refractivity contribution in [3.05, 3.63) is 33.2 Å². The Hall–Kier alpha value is -1.13. The van der Waals surface area contributed by atoms with Crippen LogP contribution in [0.3, 0.4) is 0 Å². The number of hydrogen-bond donors (Lipinski definition) is 1. The minimum Gasteiger partial charge on any atom is -0.376 e. The van der Waals surface area contributed by atoms with Crippen LogP contribution < -0.4 is 10.9 Å². The Morgan fingerprint density at radius 2 is 2.24 bits per heavy atom. The Morgan fingerprint density at radius 1 is 1.38 bits per heavy atom. The maximum absolute atomic E-state index is 12.8. The van der Waals surface area contributed by atoms with Gasteiger partial charge in [-0.3, -0.25) is 4.79 Å². The van der Waals surface area contributed by atoms with Crippen molar-refractivity contribution in [2.24, 2.45) is 0 Å². The van der Waals surface area contributed by atoms with Crippen LogP contribution in [-0.2, 0) is 30.7 Å².